The Bertz CT molecular complexity index is 1220. The van der Waals surface area contributed by atoms with Crippen LogP contribution in [0.25, 0.3) is 0 Å². The van der Waals surface area contributed by atoms with Crippen LogP contribution in [0, 0.1) is 23.3 Å². The van der Waals surface area contributed by atoms with Gasteiger partial charge in [-0.15, -0.1) is 0 Å². The molecule has 0 heterocycles. The summed E-state index contributed by atoms with van der Waals surface area (Å²) in [5.74, 6) is -1.86. The van der Waals surface area contributed by atoms with E-state index in [2.05, 4.69) is 0 Å². The van der Waals surface area contributed by atoms with Gasteiger partial charge in [0.25, 0.3) is 0 Å². The summed E-state index contributed by atoms with van der Waals surface area (Å²) >= 11 is 0. The van der Waals surface area contributed by atoms with E-state index in [1.807, 2.05) is 0 Å². The molecule has 0 aliphatic rings. The minimum atomic E-state index is -2.89. The van der Waals surface area contributed by atoms with E-state index < -0.39 is 29.4 Å². The number of ether oxygens (including phenoxy) is 4. The highest BCUT2D eigenvalue weighted by atomic mass is 19.1. The first-order chi connectivity index (χ1) is 17.8. The molecule has 0 radical (unpaired) electrons. The Hall–Kier alpha value is -4.14. The van der Waals surface area contributed by atoms with Crippen molar-refractivity contribution in [3.05, 3.63) is 96.1 Å². The summed E-state index contributed by atoms with van der Waals surface area (Å²) in [5, 5.41) is 0. The van der Waals surface area contributed by atoms with Crippen molar-refractivity contribution in [2.24, 2.45) is 0 Å². The van der Waals surface area contributed by atoms with Gasteiger partial charge in [0.15, 0.2) is 0 Å². The van der Waals surface area contributed by atoms with Crippen LogP contribution in [0.3, 0.4) is 0 Å². The minimum Gasteiger partial charge on any atom is -0.500 e. The van der Waals surface area contributed by atoms with Gasteiger partial charge in [-0.3, -0.25) is 0 Å². The Morgan fingerprint density at radius 2 is 0.622 bits per heavy atom. The monoisotopic (exact) mass is 511 g/mol. The molecule has 0 amide bonds. The summed E-state index contributed by atoms with van der Waals surface area (Å²) < 4.78 is 82.4. The average molecular weight is 511 g/mol. The van der Waals surface area contributed by atoms with E-state index in [1.54, 1.807) is 0 Å². The van der Waals surface area contributed by atoms with E-state index in [9.17, 15) is 17.6 Å². The summed E-state index contributed by atoms with van der Waals surface area (Å²) in [4.78, 5) is 0. The van der Waals surface area contributed by atoms with Gasteiger partial charge in [0.2, 0.25) is 0 Å². The van der Waals surface area contributed by atoms with Crippen LogP contribution in [0.15, 0.2) is 72.8 Å². The molecule has 0 spiro atoms. The molecule has 0 saturated heterocycles. The standard InChI is InChI=1S/C28H24BF4O4/c1-34-25-9-5-17(30)13-21(25)29(22-14-18(31)6-10-26(22)35-2,23-15-19(32)7-11-27(23)36-3)24-16-20(33)8-12-28(24)37-4/h5-16H,1-4H3/q-1. The summed E-state index contributed by atoms with van der Waals surface area (Å²) in [6.45, 7) is 0. The first kappa shape index (κ1) is 25.9. The van der Waals surface area contributed by atoms with Crippen molar-refractivity contribution < 1.29 is 36.5 Å². The molecule has 0 atom stereocenters. The lowest BCUT2D eigenvalue weighted by molar-refractivity contribution is 0.413. The maximum Gasteiger partial charge on any atom is 0.126 e. The van der Waals surface area contributed by atoms with Crippen LogP contribution >= 0.6 is 0 Å². The van der Waals surface area contributed by atoms with Crippen molar-refractivity contribution in [3.8, 4) is 23.0 Å². The first-order valence-corrected chi connectivity index (χ1v) is 11.3. The van der Waals surface area contributed by atoms with Crippen LogP contribution < -0.4 is 40.8 Å². The normalized spacial score (nSPS) is 11.2. The summed E-state index contributed by atoms with van der Waals surface area (Å²) in [6, 6.07) is 15.1. The molecule has 0 bridgehead atoms. The molecule has 9 heteroatoms. The molecule has 0 fully saturated rings. The lowest BCUT2D eigenvalue weighted by Crippen LogP contribution is -2.75. The molecule has 192 valence electrons. The Morgan fingerprint density at radius 1 is 0.405 bits per heavy atom. The molecule has 4 aromatic carbocycles. The van der Waals surface area contributed by atoms with Crippen molar-refractivity contribution in [1.82, 2.24) is 0 Å². The molecule has 0 N–H and O–H groups in total. The van der Waals surface area contributed by atoms with Crippen molar-refractivity contribution in [1.29, 1.82) is 0 Å². The number of hydrogen-bond donors (Lipinski definition) is 0. The van der Waals surface area contributed by atoms with Gasteiger partial charge in [0.1, 0.15) is 29.4 Å². The number of hydrogen-bond acceptors (Lipinski definition) is 4. The van der Waals surface area contributed by atoms with Gasteiger partial charge in [-0.25, -0.2) is 17.6 Å². The number of benzene rings is 4. The molecular weight excluding hydrogens is 487 g/mol. The third-order valence-electron chi connectivity index (χ3n) is 6.63. The zero-order valence-corrected chi connectivity index (χ0v) is 20.7. The molecule has 37 heavy (non-hydrogen) atoms. The fraction of sp³-hybridized carbons (Fsp3) is 0.143. The van der Waals surface area contributed by atoms with Crippen LogP contribution in [-0.2, 0) is 0 Å². The van der Waals surface area contributed by atoms with Gasteiger partial charge in [-0.1, -0.05) is 24.3 Å². The maximum atomic E-state index is 15.0. The lowest BCUT2D eigenvalue weighted by Gasteiger charge is -2.46. The van der Waals surface area contributed by atoms with Gasteiger partial charge in [0, 0.05) is 0 Å². The molecule has 0 saturated carbocycles. The van der Waals surface area contributed by atoms with E-state index in [0.29, 0.717) is 0 Å². The third-order valence-corrected chi connectivity index (χ3v) is 6.63. The number of methoxy groups -OCH3 is 4. The number of halogens is 4. The zero-order chi connectivity index (χ0) is 26.7. The second kappa shape index (κ2) is 10.5. The molecule has 4 nitrogen and oxygen atoms in total. The second-order valence-electron chi connectivity index (χ2n) is 8.41. The average Bonchev–Trinajstić information content (AvgIpc) is 2.90. The Morgan fingerprint density at radius 3 is 0.811 bits per heavy atom. The summed E-state index contributed by atoms with van der Waals surface area (Å²) in [5.41, 5.74) is 0.664. The van der Waals surface area contributed by atoms with E-state index in [4.69, 9.17) is 18.9 Å². The largest absolute Gasteiger partial charge is 0.500 e. The van der Waals surface area contributed by atoms with Gasteiger partial charge in [0.05, 0.1) is 51.4 Å². The predicted molar refractivity (Wildman–Crippen MR) is 136 cm³/mol. The molecule has 0 aliphatic heterocycles. The molecular formula is C28H24BF4O4-. The van der Waals surface area contributed by atoms with Gasteiger partial charge in [-0.05, 0) is 48.5 Å². The molecule has 0 aliphatic carbocycles. The van der Waals surface area contributed by atoms with Crippen LogP contribution in [-0.4, -0.2) is 34.6 Å². The van der Waals surface area contributed by atoms with Gasteiger partial charge in [-0.2, -0.15) is 21.9 Å². The highest BCUT2D eigenvalue weighted by molar-refractivity contribution is 7.21. The van der Waals surface area contributed by atoms with E-state index in [-0.39, 0.29) is 44.8 Å². The predicted octanol–water partition coefficient (Wildman–Crippen LogP) is 3.65. The lowest BCUT2D eigenvalue weighted by atomic mass is 9.12. The van der Waals surface area contributed by atoms with Gasteiger partial charge < -0.3 is 18.9 Å². The smallest absolute Gasteiger partial charge is 0.126 e. The highest BCUT2D eigenvalue weighted by Crippen LogP contribution is 2.28. The Balaban J connectivity index is 2.40. The topological polar surface area (TPSA) is 36.9 Å². The van der Waals surface area contributed by atoms with E-state index in [0.717, 1.165) is 0 Å². The molecule has 4 aromatic rings. The fourth-order valence-electron chi connectivity index (χ4n) is 5.18. The number of rotatable bonds is 8. The van der Waals surface area contributed by atoms with Gasteiger partial charge >= 0.3 is 0 Å². The third kappa shape index (κ3) is 4.46. The summed E-state index contributed by atoms with van der Waals surface area (Å²) in [7, 11) is 5.52. The first-order valence-electron chi connectivity index (χ1n) is 11.3. The van der Waals surface area contributed by atoms with Crippen LogP contribution in [0.5, 0.6) is 23.0 Å². The second-order valence-corrected chi connectivity index (χ2v) is 8.41. The fourth-order valence-corrected chi connectivity index (χ4v) is 5.18. The van der Waals surface area contributed by atoms with Crippen molar-refractivity contribution >= 4 is 28.0 Å². The maximum absolute atomic E-state index is 15.0. The Labute approximate surface area is 212 Å². The van der Waals surface area contributed by atoms with Crippen molar-refractivity contribution in [3.63, 3.8) is 0 Å². The SMILES string of the molecule is COc1ccc(F)cc1[B-](c1cc(F)ccc1OC)(c1cc(F)ccc1OC)c1cc(F)ccc1OC. The van der Waals surface area contributed by atoms with Crippen molar-refractivity contribution in [2.75, 3.05) is 28.4 Å². The minimum absolute atomic E-state index is 0.166. The van der Waals surface area contributed by atoms with E-state index >= 15 is 0 Å². The molecule has 4 rings (SSSR count). The van der Waals surface area contributed by atoms with E-state index in [1.165, 1.54) is 101 Å². The van der Waals surface area contributed by atoms with Crippen LogP contribution in [0.4, 0.5) is 17.6 Å². The molecule has 0 aromatic heterocycles. The zero-order valence-electron chi connectivity index (χ0n) is 20.7. The Kier molecular flexibility index (Phi) is 7.34. The highest BCUT2D eigenvalue weighted by Gasteiger charge is 2.41. The summed E-state index contributed by atoms with van der Waals surface area (Å²) in [6.07, 6.45) is -2.89. The van der Waals surface area contributed by atoms with Crippen LogP contribution in [0.2, 0.25) is 0 Å². The van der Waals surface area contributed by atoms with Crippen molar-refractivity contribution in [2.45, 2.75) is 0 Å². The molecule has 0 unspecified atom stereocenters. The van der Waals surface area contributed by atoms with Crippen LogP contribution in [0.1, 0.15) is 0 Å². The quantitative estimate of drug-likeness (QED) is 0.268.